The van der Waals surface area contributed by atoms with Crippen LogP contribution in [-0.4, -0.2) is 35.7 Å². The molecule has 152 valence electrons. The van der Waals surface area contributed by atoms with E-state index in [1.165, 1.54) is 0 Å². The van der Waals surface area contributed by atoms with Crippen molar-refractivity contribution in [3.63, 3.8) is 0 Å². The fourth-order valence-corrected chi connectivity index (χ4v) is 3.39. The lowest BCUT2D eigenvalue weighted by Crippen LogP contribution is -2.29. The maximum absolute atomic E-state index is 12.5. The monoisotopic (exact) mass is 393 g/mol. The quantitative estimate of drug-likeness (QED) is 0.750. The second-order valence-electron chi connectivity index (χ2n) is 7.48. The van der Waals surface area contributed by atoms with Crippen molar-refractivity contribution in [2.45, 2.75) is 33.1 Å². The van der Waals surface area contributed by atoms with Gasteiger partial charge in [0.15, 0.2) is 0 Å². The summed E-state index contributed by atoms with van der Waals surface area (Å²) in [5.41, 5.74) is 2.93. The van der Waals surface area contributed by atoms with Crippen molar-refractivity contribution in [2.75, 3.05) is 23.7 Å². The van der Waals surface area contributed by atoms with Crippen molar-refractivity contribution in [3.8, 4) is 0 Å². The maximum Gasteiger partial charge on any atom is 0.255 e. The van der Waals surface area contributed by atoms with Crippen molar-refractivity contribution in [2.24, 2.45) is 5.92 Å². The highest BCUT2D eigenvalue weighted by Crippen LogP contribution is 2.21. The highest BCUT2D eigenvalue weighted by molar-refractivity contribution is 6.05. The fraction of sp³-hybridized carbons (Fsp3) is 0.348. The minimum atomic E-state index is -0.330. The second kappa shape index (κ2) is 9.37. The van der Waals surface area contributed by atoms with Crippen LogP contribution in [0.25, 0.3) is 0 Å². The molecule has 0 aromatic heterocycles. The van der Waals surface area contributed by atoms with E-state index in [0.29, 0.717) is 24.3 Å². The van der Waals surface area contributed by atoms with E-state index in [0.717, 1.165) is 24.1 Å². The first-order valence-corrected chi connectivity index (χ1v) is 10.0. The first-order chi connectivity index (χ1) is 14.0. The predicted octanol–water partition coefficient (Wildman–Crippen LogP) is 3.83. The van der Waals surface area contributed by atoms with Gasteiger partial charge in [-0.1, -0.05) is 25.5 Å². The number of unbranched alkanes of at least 4 members (excludes halogenated alkanes) is 1. The van der Waals surface area contributed by atoms with E-state index >= 15 is 0 Å². The maximum atomic E-state index is 12.5. The molecule has 6 nitrogen and oxygen atoms in total. The summed E-state index contributed by atoms with van der Waals surface area (Å²) >= 11 is 0. The molecule has 3 amide bonds. The Bertz CT molecular complexity index is 892. The number of hydrogen-bond donors (Lipinski definition) is 2. The van der Waals surface area contributed by atoms with Gasteiger partial charge in [-0.25, -0.2) is 0 Å². The Labute approximate surface area is 171 Å². The van der Waals surface area contributed by atoms with E-state index in [4.69, 9.17) is 0 Å². The summed E-state index contributed by atoms with van der Waals surface area (Å²) in [7, 11) is 0. The van der Waals surface area contributed by atoms with Crippen molar-refractivity contribution in [1.82, 2.24) is 4.90 Å². The summed E-state index contributed by atoms with van der Waals surface area (Å²) in [6.45, 7) is 5.23. The predicted molar refractivity (Wildman–Crippen MR) is 114 cm³/mol. The average Bonchev–Trinajstić information content (AvgIpc) is 3.07. The number of rotatable bonds is 7. The Morgan fingerprint density at radius 1 is 1.07 bits per heavy atom. The van der Waals surface area contributed by atoms with Crippen LogP contribution in [-0.2, 0) is 9.59 Å². The highest BCUT2D eigenvalue weighted by Gasteiger charge is 2.33. The van der Waals surface area contributed by atoms with Crippen LogP contribution in [0.1, 0.15) is 42.1 Å². The molecule has 2 aromatic rings. The summed E-state index contributed by atoms with van der Waals surface area (Å²) in [6, 6.07) is 14.4. The third-order valence-corrected chi connectivity index (χ3v) is 5.06. The Morgan fingerprint density at radius 2 is 1.83 bits per heavy atom. The third-order valence-electron chi connectivity index (χ3n) is 5.06. The largest absolute Gasteiger partial charge is 0.342 e. The number of carbonyl (C=O) groups is 3. The number of nitrogens with zero attached hydrogens (tertiary/aromatic N) is 1. The molecular formula is C23H27N3O3. The van der Waals surface area contributed by atoms with Gasteiger partial charge in [0.1, 0.15) is 0 Å². The van der Waals surface area contributed by atoms with Gasteiger partial charge in [0.25, 0.3) is 5.91 Å². The molecule has 0 radical (unpaired) electrons. The van der Waals surface area contributed by atoms with Gasteiger partial charge in [0.05, 0.1) is 5.92 Å². The van der Waals surface area contributed by atoms with Crippen LogP contribution in [0.3, 0.4) is 0 Å². The molecule has 3 rings (SSSR count). The van der Waals surface area contributed by atoms with E-state index in [1.807, 2.05) is 31.2 Å². The van der Waals surface area contributed by atoms with Crippen LogP contribution in [0.4, 0.5) is 11.4 Å². The molecule has 0 aliphatic carbocycles. The average molecular weight is 393 g/mol. The highest BCUT2D eigenvalue weighted by atomic mass is 16.2. The van der Waals surface area contributed by atoms with Crippen LogP contribution in [0.5, 0.6) is 0 Å². The lowest BCUT2D eigenvalue weighted by molar-refractivity contribution is -0.128. The van der Waals surface area contributed by atoms with E-state index < -0.39 is 0 Å². The van der Waals surface area contributed by atoms with Crippen LogP contribution < -0.4 is 10.6 Å². The third kappa shape index (κ3) is 5.44. The molecule has 29 heavy (non-hydrogen) atoms. The van der Waals surface area contributed by atoms with Crippen molar-refractivity contribution < 1.29 is 14.4 Å². The molecule has 1 saturated heterocycles. The zero-order valence-electron chi connectivity index (χ0n) is 16.9. The number of hydrogen-bond acceptors (Lipinski definition) is 3. The van der Waals surface area contributed by atoms with E-state index in [-0.39, 0.29) is 30.1 Å². The van der Waals surface area contributed by atoms with Gasteiger partial charge in [-0.2, -0.15) is 0 Å². The van der Waals surface area contributed by atoms with Gasteiger partial charge < -0.3 is 15.5 Å². The molecular weight excluding hydrogens is 366 g/mol. The molecule has 2 aromatic carbocycles. The van der Waals surface area contributed by atoms with Crippen LogP contribution >= 0.6 is 0 Å². The van der Waals surface area contributed by atoms with Gasteiger partial charge in [-0.3, -0.25) is 14.4 Å². The molecule has 6 heteroatoms. The van der Waals surface area contributed by atoms with E-state index in [9.17, 15) is 14.4 Å². The molecule has 1 heterocycles. The number of anilines is 2. The lowest BCUT2D eigenvalue weighted by Gasteiger charge is -2.16. The molecule has 1 fully saturated rings. The number of carbonyl (C=O) groups excluding carboxylic acids is 3. The Hall–Kier alpha value is -3.15. The van der Waals surface area contributed by atoms with Gasteiger partial charge in [-0.15, -0.1) is 0 Å². The first kappa shape index (κ1) is 20.6. The topological polar surface area (TPSA) is 78.5 Å². The van der Waals surface area contributed by atoms with Crippen LogP contribution in [0.15, 0.2) is 48.5 Å². The number of likely N-dealkylation sites (tertiary alicyclic amines) is 1. The number of aryl methyl sites for hydroxylation is 1. The number of benzene rings is 2. The molecule has 1 aliphatic heterocycles. The lowest BCUT2D eigenvalue weighted by atomic mass is 10.1. The Morgan fingerprint density at radius 3 is 2.52 bits per heavy atom. The van der Waals surface area contributed by atoms with Crippen LogP contribution in [0, 0.1) is 12.8 Å². The molecule has 0 unspecified atom stereocenters. The molecule has 1 atom stereocenters. The summed E-state index contributed by atoms with van der Waals surface area (Å²) in [5.74, 6) is -0.652. The smallest absolute Gasteiger partial charge is 0.255 e. The molecule has 0 bridgehead atoms. The summed E-state index contributed by atoms with van der Waals surface area (Å²) in [6.07, 6.45) is 2.23. The Balaban J connectivity index is 1.55. The van der Waals surface area contributed by atoms with Gasteiger partial charge in [0, 0.05) is 36.4 Å². The zero-order chi connectivity index (χ0) is 20.8. The number of amides is 3. The van der Waals surface area contributed by atoms with E-state index in [2.05, 4.69) is 17.6 Å². The van der Waals surface area contributed by atoms with Crippen molar-refractivity contribution in [1.29, 1.82) is 0 Å². The normalized spacial score (nSPS) is 16.0. The van der Waals surface area contributed by atoms with Gasteiger partial charge in [-0.05, 0) is 55.3 Å². The molecule has 0 spiro atoms. The van der Waals surface area contributed by atoms with Gasteiger partial charge >= 0.3 is 0 Å². The minimum Gasteiger partial charge on any atom is -0.342 e. The summed E-state index contributed by atoms with van der Waals surface area (Å²) in [5, 5.41) is 5.72. The number of nitrogens with one attached hydrogen (secondary N) is 2. The molecule has 2 N–H and O–H groups in total. The first-order valence-electron chi connectivity index (χ1n) is 10.0. The zero-order valence-corrected chi connectivity index (χ0v) is 16.9. The second-order valence-corrected chi connectivity index (χ2v) is 7.48. The summed E-state index contributed by atoms with van der Waals surface area (Å²) < 4.78 is 0. The summed E-state index contributed by atoms with van der Waals surface area (Å²) in [4.78, 5) is 38.7. The van der Waals surface area contributed by atoms with Crippen LogP contribution in [0.2, 0.25) is 0 Å². The van der Waals surface area contributed by atoms with Crippen molar-refractivity contribution in [3.05, 3.63) is 59.7 Å². The standard InChI is InChI=1S/C23H27N3O3/c1-3-4-12-26-15-18(14-21(26)27)23(29)24-19-10-8-17(9-11-19)22(28)25-20-7-5-6-16(2)13-20/h5-11,13,18H,3-4,12,14-15H2,1-2H3,(H,24,29)(H,25,28)/t18-/m0/s1. The molecule has 0 saturated carbocycles. The SMILES string of the molecule is CCCCN1C[C@@H](C(=O)Nc2ccc(C(=O)Nc3cccc(C)c3)cc2)CC1=O. The minimum absolute atomic E-state index is 0.0433. The fourth-order valence-electron chi connectivity index (χ4n) is 3.39. The van der Waals surface area contributed by atoms with Gasteiger partial charge in [0.2, 0.25) is 11.8 Å². The molecule has 1 aliphatic rings. The van der Waals surface area contributed by atoms with Crippen molar-refractivity contribution >= 4 is 29.1 Å². The van der Waals surface area contributed by atoms with E-state index in [1.54, 1.807) is 29.2 Å². The Kier molecular flexibility index (Phi) is 6.65.